The van der Waals surface area contributed by atoms with Gasteiger partial charge in [-0.15, -0.1) is 0 Å². The lowest BCUT2D eigenvalue weighted by Crippen LogP contribution is -2.67. The number of carbonyl (C=O) groups is 2. The van der Waals surface area contributed by atoms with Crippen LogP contribution in [-0.4, -0.2) is 11.8 Å². The fourth-order valence-corrected chi connectivity index (χ4v) is 4.26. The molecular weight excluding hydrogens is 431 g/mol. The van der Waals surface area contributed by atoms with Gasteiger partial charge in [-0.05, 0) is 42.5 Å². The highest BCUT2D eigenvalue weighted by Gasteiger charge is 2.59. The van der Waals surface area contributed by atoms with Crippen LogP contribution in [0.25, 0.3) is 0 Å². The molecule has 0 spiro atoms. The maximum atomic E-state index is 13.6. The summed E-state index contributed by atoms with van der Waals surface area (Å²) in [6.07, 6.45) is -0.0182. The summed E-state index contributed by atoms with van der Waals surface area (Å²) in [5.74, 6) is -0.583. The van der Waals surface area contributed by atoms with Crippen molar-refractivity contribution >= 4 is 58.0 Å². The highest BCUT2D eigenvalue weighted by molar-refractivity contribution is 6.33. The minimum absolute atomic E-state index is 0.0182. The molecule has 1 N–H and O–H groups in total. The average Bonchev–Trinajstić information content (AvgIpc) is 2.66. The number of nitrogens with one attached hydrogen (secondary N) is 1. The largest absolute Gasteiger partial charge is 0.324 e. The van der Waals surface area contributed by atoms with Crippen molar-refractivity contribution in [3.63, 3.8) is 0 Å². The Morgan fingerprint density at radius 2 is 1.59 bits per heavy atom. The molecule has 1 saturated heterocycles. The number of hydrogen-bond acceptors (Lipinski definition) is 2. The van der Waals surface area contributed by atoms with Crippen LogP contribution in [0, 0.1) is 0 Å². The molecule has 1 fully saturated rings. The second kappa shape index (κ2) is 7.71. The molecule has 2 amide bonds. The SMILES string of the molecule is O=C1CC(C(=O)Nc2cccc(Cl)c2)(c2ccccc2Cl)N1c1cccc(Cl)c1. The molecule has 1 aliphatic rings. The molecule has 0 aliphatic carbocycles. The monoisotopic (exact) mass is 444 g/mol. The fourth-order valence-electron chi connectivity index (χ4n) is 3.60. The van der Waals surface area contributed by atoms with Crippen LogP contribution in [-0.2, 0) is 15.1 Å². The van der Waals surface area contributed by atoms with E-state index in [0.29, 0.717) is 32.0 Å². The third-order valence-electron chi connectivity index (χ3n) is 4.88. The van der Waals surface area contributed by atoms with Gasteiger partial charge in [0.15, 0.2) is 5.54 Å². The normalized spacial score (nSPS) is 18.3. The van der Waals surface area contributed by atoms with Crippen LogP contribution in [0.2, 0.25) is 15.1 Å². The summed E-state index contributed by atoms with van der Waals surface area (Å²) in [5.41, 5.74) is 0.289. The van der Waals surface area contributed by atoms with Gasteiger partial charge in [-0.3, -0.25) is 14.5 Å². The van der Waals surface area contributed by atoms with Crippen molar-refractivity contribution in [3.05, 3.63) is 93.4 Å². The first-order valence-electron chi connectivity index (χ1n) is 8.82. The molecule has 146 valence electrons. The van der Waals surface area contributed by atoms with Gasteiger partial charge in [0, 0.05) is 32.0 Å². The summed E-state index contributed by atoms with van der Waals surface area (Å²) in [6.45, 7) is 0. The number of carbonyl (C=O) groups excluding carboxylic acids is 2. The Labute approximate surface area is 183 Å². The van der Waals surface area contributed by atoms with E-state index < -0.39 is 5.54 Å². The Hall–Kier alpha value is -2.53. The molecule has 1 heterocycles. The topological polar surface area (TPSA) is 49.4 Å². The molecule has 0 saturated carbocycles. The molecule has 1 aliphatic heterocycles. The Kier molecular flexibility index (Phi) is 5.26. The van der Waals surface area contributed by atoms with E-state index >= 15 is 0 Å². The smallest absolute Gasteiger partial charge is 0.255 e. The van der Waals surface area contributed by atoms with Crippen molar-refractivity contribution in [2.45, 2.75) is 12.0 Å². The van der Waals surface area contributed by atoms with E-state index in [9.17, 15) is 9.59 Å². The summed E-state index contributed by atoms with van der Waals surface area (Å²) < 4.78 is 0. The average molecular weight is 446 g/mol. The zero-order valence-electron chi connectivity index (χ0n) is 15.0. The fraction of sp³-hybridized carbons (Fsp3) is 0.0909. The molecule has 3 aromatic rings. The van der Waals surface area contributed by atoms with Crippen molar-refractivity contribution in [1.82, 2.24) is 0 Å². The quantitative estimate of drug-likeness (QED) is 0.507. The van der Waals surface area contributed by atoms with E-state index in [1.165, 1.54) is 4.90 Å². The highest BCUT2D eigenvalue weighted by atomic mass is 35.5. The van der Waals surface area contributed by atoms with Crippen molar-refractivity contribution in [2.75, 3.05) is 10.2 Å². The van der Waals surface area contributed by atoms with E-state index in [4.69, 9.17) is 34.8 Å². The van der Waals surface area contributed by atoms with Crippen molar-refractivity contribution in [3.8, 4) is 0 Å². The van der Waals surface area contributed by atoms with E-state index in [1.807, 2.05) is 0 Å². The van der Waals surface area contributed by atoms with Crippen LogP contribution in [0.1, 0.15) is 12.0 Å². The summed E-state index contributed by atoms with van der Waals surface area (Å²) >= 11 is 18.6. The van der Waals surface area contributed by atoms with E-state index in [2.05, 4.69) is 5.32 Å². The Morgan fingerprint density at radius 3 is 2.24 bits per heavy atom. The van der Waals surface area contributed by atoms with Gasteiger partial charge < -0.3 is 5.32 Å². The molecule has 29 heavy (non-hydrogen) atoms. The second-order valence-corrected chi connectivity index (χ2v) is 7.97. The van der Waals surface area contributed by atoms with Gasteiger partial charge in [-0.25, -0.2) is 0 Å². The first kappa shape index (κ1) is 19.8. The number of β-lactam (4-membered cyclic amide) rings is 1. The molecule has 7 heteroatoms. The number of nitrogens with zero attached hydrogens (tertiary/aromatic N) is 1. The molecular formula is C22H15Cl3N2O2. The predicted molar refractivity (Wildman–Crippen MR) is 117 cm³/mol. The van der Waals surface area contributed by atoms with E-state index in [0.717, 1.165) is 0 Å². The van der Waals surface area contributed by atoms with Gasteiger partial charge in [0.05, 0.1) is 6.42 Å². The maximum Gasteiger partial charge on any atom is 0.255 e. The van der Waals surface area contributed by atoms with E-state index in [1.54, 1.807) is 72.8 Å². The van der Waals surface area contributed by atoms with Crippen molar-refractivity contribution in [1.29, 1.82) is 0 Å². The van der Waals surface area contributed by atoms with Crippen LogP contribution in [0.3, 0.4) is 0 Å². The number of hydrogen-bond donors (Lipinski definition) is 1. The Morgan fingerprint density at radius 1 is 0.897 bits per heavy atom. The maximum absolute atomic E-state index is 13.6. The van der Waals surface area contributed by atoms with Crippen LogP contribution < -0.4 is 10.2 Å². The van der Waals surface area contributed by atoms with Crippen LogP contribution in [0.5, 0.6) is 0 Å². The summed E-state index contributed by atoms with van der Waals surface area (Å²) in [6, 6.07) is 20.7. The number of amides is 2. The number of halogens is 3. The molecule has 0 bridgehead atoms. The second-order valence-electron chi connectivity index (χ2n) is 6.69. The minimum atomic E-state index is -1.30. The van der Waals surface area contributed by atoms with Crippen molar-refractivity contribution in [2.24, 2.45) is 0 Å². The molecule has 1 atom stereocenters. The zero-order chi connectivity index (χ0) is 20.6. The van der Waals surface area contributed by atoms with Crippen LogP contribution in [0.15, 0.2) is 72.8 Å². The molecule has 0 aromatic heterocycles. The number of anilines is 2. The summed E-state index contributed by atoms with van der Waals surface area (Å²) in [5, 5.41) is 4.23. The van der Waals surface area contributed by atoms with Crippen LogP contribution in [0.4, 0.5) is 11.4 Å². The first-order chi connectivity index (χ1) is 13.9. The van der Waals surface area contributed by atoms with Gasteiger partial charge in [-0.2, -0.15) is 0 Å². The minimum Gasteiger partial charge on any atom is -0.324 e. The van der Waals surface area contributed by atoms with Crippen LogP contribution >= 0.6 is 34.8 Å². The highest BCUT2D eigenvalue weighted by Crippen LogP contribution is 2.48. The summed E-state index contributed by atoms with van der Waals surface area (Å²) in [7, 11) is 0. The van der Waals surface area contributed by atoms with Crippen molar-refractivity contribution < 1.29 is 9.59 Å². The van der Waals surface area contributed by atoms with Gasteiger partial charge in [0.2, 0.25) is 5.91 Å². The van der Waals surface area contributed by atoms with E-state index in [-0.39, 0.29) is 18.2 Å². The Balaban J connectivity index is 1.83. The third kappa shape index (κ3) is 3.48. The molecule has 0 radical (unpaired) electrons. The van der Waals surface area contributed by atoms with Gasteiger partial charge in [0.1, 0.15) is 0 Å². The standard InChI is InChI=1S/C22H15Cl3N2O2/c23-14-5-3-7-16(11-14)26-21(29)22(18-9-1-2-10-19(18)25)13-20(28)27(22)17-8-4-6-15(24)12-17/h1-12H,13H2,(H,26,29). The zero-order valence-corrected chi connectivity index (χ0v) is 17.3. The lowest BCUT2D eigenvalue weighted by Gasteiger charge is -2.51. The predicted octanol–water partition coefficient (Wildman–Crippen LogP) is 5.92. The van der Waals surface area contributed by atoms with Gasteiger partial charge in [0.25, 0.3) is 5.91 Å². The number of rotatable bonds is 4. The number of benzene rings is 3. The third-order valence-corrected chi connectivity index (χ3v) is 5.68. The molecule has 1 unspecified atom stereocenters. The van der Waals surface area contributed by atoms with Gasteiger partial charge >= 0.3 is 0 Å². The lowest BCUT2D eigenvalue weighted by atomic mass is 9.76. The van der Waals surface area contributed by atoms with Gasteiger partial charge in [-0.1, -0.05) is 65.1 Å². The first-order valence-corrected chi connectivity index (χ1v) is 9.96. The summed E-state index contributed by atoms with van der Waals surface area (Å²) in [4.78, 5) is 27.7. The lowest BCUT2D eigenvalue weighted by molar-refractivity contribution is -0.137. The Bertz CT molecular complexity index is 1120. The molecule has 4 nitrogen and oxygen atoms in total. The molecule has 4 rings (SSSR count). The molecule has 3 aromatic carbocycles.